The van der Waals surface area contributed by atoms with Crippen LogP contribution in [0, 0.1) is 0 Å². The number of hydrogen-bond acceptors (Lipinski definition) is 3. The Bertz CT molecular complexity index is 496. The van der Waals surface area contributed by atoms with Crippen LogP contribution < -0.4 is 11.3 Å². The Hall–Kier alpha value is -1.29. The zero-order valence-corrected chi connectivity index (χ0v) is 10.4. The second-order valence-corrected chi connectivity index (χ2v) is 4.25. The molecule has 17 heavy (non-hydrogen) atoms. The van der Waals surface area contributed by atoms with Crippen molar-refractivity contribution in [2.45, 2.75) is 19.4 Å². The number of hydrogen-bond donors (Lipinski definition) is 2. The Labute approximate surface area is 106 Å². The van der Waals surface area contributed by atoms with Gasteiger partial charge in [-0.3, -0.25) is 5.84 Å². The number of aryl methyl sites for hydroxylation is 1. The summed E-state index contributed by atoms with van der Waals surface area (Å²) in [6.45, 7) is 2.05. The van der Waals surface area contributed by atoms with Gasteiger partial charge in [-0.15, -0.1) is 0 Å². The lowest BCUT2D eigenvalue weighted by atomic mass is 10.1. The summed E-state index contributed by atoms with van der Waals surface area (Å²) in [6.07, 6.45) is 0.868. The van der Waals surface area contributed by atoms with Crippen molar-refractivity contribution in [3.05, 3.63) is 58.5 Å². The molecule has 0 aliphatic carbocycles. The summed E-state index contributed by atoms with van der Waals surface area (Å²) in [5.41, 5.74) is 3.73. The Morgan fingerprint density at radius 2 is 2.18 bits per heavy atom. The van der Waals surface area contributed by atoms with E-state index in [2.05, 4.69) is 5.43 Å². The van der Waals surface area contributed by atoms with Crippen molar-refractivity contribution < 1.29 is 4.42 Å². The summed E-state index contributed by atoms with van der Waals surface area (Å²) < 4.78 is 5.69. The maximum Gasteiger partial charge on any atom is 0.126 e. The minimum atomic E-state index is -0.172. The van der Waals surface area contributed by atoms with Crippen LogP contribution in [-0.4, -0.2) is 0 Å². The molecular weight excluding hydrogens is 236 g/mol. The first-order valence-corrected chi connectivity index (χ1v) is 5.92. The van der Waals surface area contributed by atoms with Crippen LogP contribution in [0.25, 0.3) is 0 Å². The number of hydrazine groups is 1. The molecule has 0 fully saturated rings. The van der Waals surface area contributed by atoms with E-state index in [1.165, 1.54) is 0 Å². The topological polar surface area (TPSA) is 51.2 Å². The molecule has 0 aliphatic rings. The van der Waals surface area contributed by atoms with Gasteiger partial charge in [0.25, 0.3) is 0 Å². The van der Waals surface area contributed by atoms with Gasteiger partial charge in [0.2, 0.25) is 0 Å². The van der Waals surface area contributed by atoms with Gasteiger partial charge in [0.15, 0.2) is 0 Å². The van der Waals surface area contributed by atoms with E-state index < -0.39 is 0 Å². The lowest BCUT2D eigenvalue weighted by molar-refractivity contribution is 0.425. The molecule has 1 aromatic heterocycles. The first kappa shape index (κ1) is 12.2. The third-order valence-corrected chi connectivity index (χ3v) is 2.90. The standard InChI is InChI=1S/C13H15ClN2O/c1-2-11-6-7-12(17-11)13(16-15)9-4-3-5-10(14)8-9/h3-8,13,16H,2,15H2,1H3. The number of furan rings is 1. The Balaban J connectivity index is 2.33. The molecule has 0 radical (unpaired) electrons. The Kier molecular flexibility index (Phi) is 3.84. The highest BCUT2D eigenvalue weighted by Crippen LogP contribution is 2.25. The van der Waals surface area contributed by atoms with Crippen LogP contribution in [0.4, 0.5) is 0 Å². The number of nitrogens with one attached hydrogen (secondary N) is 1. The van der Waals surface area contributed by atoms with Gasteiger partial charge in [0.1, 0.15) is 17.6 Å². The predicted octanol–water partition coefficient (Wildman–Crippen LogP) is 3.05. The number of nitrogens with two attached hydrogens (primary N) is 1. The molecule has 1 aromatic carbocycles. The van der Waals surface area contributed by atoms with Crippen molar-refractivity contribution >= 4 is 11.6 Å². The van der Waals surface area contributed by atoms with Gasteiger partial charge in [-0.2, -0.15) is 0 Å². The second-order valence-electron chi connectivity index (χ2n) is 3.81. The summed E-state index contributed by atoms with van der Waals surface area (Å²) in [5, 5.41) is 0.685. The largest absolute Gasteiger partial charge is 0.464 e. The quantitative estimate of drug-likeness (QED) is 0.648. The molecule has 90 valence electrons. The fraction of sp³-hybridized carbons (Fsp3) is 0.231. The van der Waals surface area contributed by atoms with Gasteiger partial charge in [0, 0.05) is 11.4 Å². The molecule has 2 rings (SSSR count). The lowest BCUT2D eigenvalue weighted by Crippen LogP contribution is -2.28. The summed E-state index contributed by atoms with van der Waals surface area (Å²) in [6, 6.07) is 11.3. The van der Waals surface area contributed by atoms with Gasteiger partial charge in [0.05, 0.1) is 0 Å². The van der Waals surface area contributed by atoms with E-state index in [4.69, 9.17) is 21.9 Å². The molecule has 2 aromatic rings. The normalized spacial score (nSPS) is 12.6. The molecule has 0 spiro atoms. The van der Waals surface area contributed by atoms with Crippen molar-refractivity contribution in [3.8, 4) is 0 Å². The van der Waals surface area contributed by atoms with E-state index in [0.29, 0.717) is 5.02 Å². The van der Waals surface area contributed by atoms with Crippen LogP contribution in [0.15, 0.2) is 40.8 Å². The van der Waals surface area contributed by atoms with Gasteiger partial charge in [-0.05, 0) is 29.8 Å². The minimum Gasteiger partial charge on any atom is -0.464 e. The second kappa shape index (κ2) is 5.36. The molecule has 3 nitrogen and oxygen atoms in total. The average molecular weight is 251 g/mol. The van der Waals surface area contributed by atoms with E-state index in [-0.39, 0.29) is 6.04 Å². The summed E-state index contributed by atoms with van der Waals surface area (Å²) in [7, 11) is 0. The van der Waals surface area contributed by atoms with Crippen LogP contribution in [0.5, 0.6) is 0 Å². The van der Waals surface area contributed by atoms with E-state index in [0.717, 1.165) is 23.5 Å². The SMILES string of the molecule is CCc1ccc(C(NN)c2cccc(Cl)c2)o1. The molecule has 1 heterocycles. The monoisotopic (exact) mass is 250 g/mol. The first-order valence-electron chi connectivity index (χ1n) is 5.54. The minimum absolute atomic E-state index is 0.172. The van der Waals surface area contributed by atoms with Gasteiger partial charge < -0.3 is 4.42 Å². The summed E-state index contributed by atoms with van der Waals surface area (Å²) in [4.78, 5) is 0. The maximum absolute atomic E-state index is 5.97. The zero-order valence-electron chi connectivity index (χ0n) is 9.61. The van der Waals surface area contributed by atoms with Crippen LogP contribution >= 0.6 is 11.6 Å². The fourth-order valence-electron chi connectivity index (χ4n) is 1.77. The zero-order chi connectivity index (χ0) is 12.3. The van der Waals surface area contributed by atoms with E-state index in [9.17, 15) is 0 Å². The lowest BCUT2D eigenvalue weighted by Gasteiger charge is -2.14. The van der Waals surface area contributed by atoms with Crippen LogP contribution in [0.3, 0.4) is 0 Å². The third-order valence-electron chi connectivity index (χ3n) is 2.66. The highest BCUT2D eigenvalue weighted by molar-refractivity contribution is 6.30. The molecule has 0 amide bonds. The van der Waals surface area contributed by atoms with Crippen molar-refractivity contribution in [3.63, 3.8) is 0 Å². The molecule has 0 bridgehead atoms. The van der Waals surface area contributed by atoms with E-state index in [1.54, 1.807) is 0 Å². The van der Waals surface area contributed by atoms with E-state index in [1.807, 2.05) is 43.3 Å². The number of benzene rings is 1. The van der Waals surface area contributed by atoms with Crippen molar-refractivity contribution in [2.24, 2.45) is 5.84 Å². The van der Waals surface area contributed by atoms with Gasteiger partial charge in [-0.1, -0.05) is 30.7 Å². The Morgan fingerprint density at radius 1 is 1.35 bits per heavy atom. The van der Waals surface area contributed by atoms with Crippen molar-refractivity contribution in [1.82, 2.24) is 5.43 Å². The summed E-state index contributed by atoms with van der Waals surface area (Å²) >= 11 is 5.97. The molecule has 1 unspecified atom stereocenters. The molecule has 0 saturated heterocycles. The number of halogens is 1. The molecule has 3 N–H and O–H groups in total. The highest BCUT2D eigenvalue weighted by Gasteiger charge is 2.16. The van der Waals surface area contributed by atoms with Crippen LogP contribution in [0.2, 0.25) is 5.02 Å². The molecule has 0 saturated carbocycles. The molecule has 1 atom stereocenters. The number of rotatable bonds is 4. The van der Waals surface area contributed by atoms with Crippen molar-refractivity contribution in [2.75, 3.05) is 0 Å². The Morgan fingerprint density at radius 3 is 2.76 bits per heavy atom. The van der Waals surface area contributed by atoms with Gasteiger partial charge in [-0.25, -0.2) is 5.43 Å². The average Bonchev–Trinajstić information content (AvgIpc) is 2.79. The fourth-order valence-corrected chi connectivity index (χ4v) is 1.97. The predicted molar refractivity (Wildman–Crippen MR) is 68.7 cm³/mol. The third kappa shape index (κ3) is 2.69. The smallest absolute Gasteiger partial charge is 0.126 e. The van der Waals surface area contributed by atoms with Gasteiger partial charge >= 0.3 is 0 Å². The maximum atomic E-state index is 5.97. The molecule has 0 aliphatic heterocycles. The highest BCUT2D eigenvalue weighted by atomic mass is 35.5. The van der Waals surface area contributed by atoms with Crippen LogP contribution in [0.1, 0.15) is 30.0 Å². The van der Waals surface area contributed by atoms with Crippen molar-refractivity contribution in [1.29, 1.82) is 0 Å². The van der Waals surface area contributed by atoms with Crippen LogP contribution in [-0.2, 0) is 6.42 Å². The van der Waals surface area contributed by atoms with E-state index >= 15 is 0 Å². The molecule has 4 heteroatoms. The summed E-state index contributed by atoms with van der Waals surface area (Å²) in [5.74, 6) is 7.33. The molecular formula is C13H15ClN2O. The first-order chi connectivity index (χ1) is 8.24.